The maximum absolute atomic E-state index is 12.8. The third-order valence-electron chi connectivity index (χ3n) is 4.07. The molecule has 0 amide bonds. The van der Waals surface area contributed by atoms with Gasteiger partial charge in [-0.25, -0.2) is 4.79 Å². The highest BCUT2D eigenvalue weighted by atomic mass is 19.4. The fourth-order valence-corrected chi connectivity index (χ4v) is 2.88. The van der Waals surface area contributed by atoms with Gasteiger partial charge in [0.25, 0.3) is 0 Å². The van der Waals surface area contributed by atoms with E-state index >= 15 is 0 Å². The number of rotatable bonds is 2. The van der Waals surface area contributed by atoms with E-state index in [0.717, 1.165) is 22.7 Å². The van der Waals surface area contributed by atoms with Crippen LogP contribution < -0.4 is 0 Å². The van der Waals surface area contributed by atoms with Gasteiger partial charge in [-0.05, 0) is 36.8 Å². The second-order valence-electron chi connectivity index (χ2n) is 5.65. The number of aromatic carboxylic acids is 1. The third-order valence-corrected chi connectivity index (χ3v) is 4.07. The predicted molar refractivity (Wildman–Crippen MR) is 81.1 cm³/mol. The standard InChI is InChI=1S/C17H14F3NO2/c1-10-8-13(17(18,19)20)3-5-14(10)21-7-6-11-9-12(16(22)23)2-4-15(11)21/h2-7,9-10H,8H2,1H3,(H,22,23). The van der Waals surface area contributed by atoms with Gasteiger partial charge >= 0.3 is 12.1 Å². The number of carboxylic acids is 1. The lowest BCUT2D eigenvalue weighted by atomic mass is 9.92. The van der Waals surface area contributed by atoms with E-state index in [-0.39, 0.29) is 17.9 Å². The van der Waals surface area contributed by atoms with Crippen molar-refractivity contribution in [2.24, 2.45) is 5.92 Å². The fourth-order valence-electron chi connectivity index (χ4n) is 2.88. The van der Waals surface area contributed by atoms with E-state index in [0.29, 0.717) is 0 Å². The van der Waals surface area contributed by atoms with Gasteiger partial charge in [-0.15, -0.1) is 0 Å². The Kier molecular flexibility index (Phi) is 3.55. The van der Waals surface area contributed by atoms with Crippen molar-refractivity contribution in [3.8, 4) is 0 Å². The van der Waals surface area contributed by atoms with Crippen LogP contribution in [0.4, 0.5) is 13.2 Å². The van der Waals surface area contributed by atoms with Crippen LogP contribution in [0.25, 0.3) is 16.6 Å². The Hall–Kier alpha value is -2.50. The monoisotopic (exact) mass is 321 g/mol. The molecular weight excluding hydrogens is 307 g/mol. The van der Waals surface area contributed by atoms with E-state index in [1.807, 2.05) is 4.57 Å². The number of benzene rings is 1. The number of carboxylic acid groups (broad SMARTS) is 1. The first-order valence-electron chi connectivity index (χ1n) is 7.10. The van der Waals surface area contributed by atoms with E-state index < -0.39 is 17.7 Å². The molecule has 3 nitrogen and oxygen atoms in total. The molecule has 1 aromatic heterocycles. The van der Waals surface area contributed by atoms with Crippen molar-refractivity contribution in [3.63, 3.8) is 0 Å². The Morgan fingerprint density at radius 1 is 1.26 bits per heavy atom. The maximum atomic E-state index is 12.8. The van der Waals surface area contributed by atoms with E-state index in [4.69, 9.17) is 5.11 Å². The van der Waals surface area contributed by atoms with E-state index in [2.05, 4.69) is 0 Å². The predicted octanol–water partition coefficient (Wildman–Crippen LogP) is 4.71. The van der Waals surface area contributed by atoms with Gasteiger partial charge in [-0.2, -0.15) is 13.2 Å². The van der Waals surface area contributed by atoms with E-state index in [1.54, 1.807) is 31.3 Å². The van der Waals surface area contributed by atoms with Crippen LogP contribution in [0.1, 0.15) is 23.7 Å². The van der Waals surface area contributed by atoms with Crippen molar-refractivity contribution in [3.05, 3.63) is 53.8 Å². The van der Waals surface area contributed by atoms with Crippen LogP contribution in [0.2, 0.25) is 0 Å². The number of alkyl halides is 3. The minimum Gasteiger partial charge on any atom is -0.478 e. The zero-order valence-corrected chi connectivity index (χ0v) is 12.3. The molecule has 1 aliphatic rings. The van der Waals surface area contributed by atoms with Crippen molar-refractivity contribution < 1.29 is 23.1 Å². The molecule has 1 aromatic carbocycles. The summed E-state index contributed by atoms with van der Waals surface area (Å²) in [6.07, 6.45) is -0.00692. The second kappa shape index (κ2) is 5.30. The number of halogens is 3. The number of carbonyl (C=O) groups is 1. The summed E-state index contributed by atoms with van der Waals surface area (Å²) in [7, 11) is 0. The molecular formula is C17H14F3NO2. The van der Waals surface area contributed by atoms with Gasteiger partial charge in [-0.1, -0.05) is 13.0 Å². The molecule has 0 bridgehead atoms. The summed E-state index contributed by atoms with van der Waals surface area (Å²) in [5.41, 5.74) is 1.19. The van der Waals surface area contributed by atoms with Crippen LogP contribution in [-0.2, 0) is 0 Å². The fraction of sp³-hybridized carbons (Fsp3) is 0.235. The minimum atomic E-state index is -4.30. The average Bonchev–Trinajstić information content (AvgIpc) is 2.89. The number of hydrogen-bond acceptors (Lipinski definition) is 1. The Balaban J connectivity index is 2.05. The highest BCUT2D eigenvalue weighted by Crippen LogP contribution is 2.38. The van der Waals surface area contributed by atoms with Crippen LogP contribution in [0, 0.1) is 5.92 Å². The Bertz CT molecular complexity index is 843. The summed E-state index contributed by atoms with van der Waals surface area (Å²) < 4.78 is 40.2. The lowest BCUT2D eigenvalue weighted by molar-refractivity contribution is -0.0948. The lowest BCUT2D eigenvalue weighted by Crippen LogP contribution is -2.19. The van der Waals surface area contributed by atoms with Gasteiger partial charge in [0.1, 0.15) is 0 Å². The molecule has 0 saturated heterocycles. The summed E-state index contributed by atoms with van der Waals surface area (Å²) in [6.45, 7) is 1.75. The number of allylic oxidation sites excluding steroid dienone is 4. The van der Waals surface area contributed by atoms with Crippen LogP contribution in [-0.4, -0.2) is 21.8 Å². The highest BCUT2D eigenvalue weighted by Gasteiger charge is 2.36. The van der Waals surface area contributed by atoms with Gasteiger partial charge in [-0.3, -0.25) is 0 Å². The van der Waals surface area contributed by atoms with Crippen molar-refractivity contribution in [1.29, 1.82) is 0 Å². The molecule has 1 N–H and O–H groups in total. The number of aromatic nitrogens is 1. The molecule has 1 atom stereocenters. The molecule has 1 unspecified atom stereocenters. The molecule has 120 valence electrons. The summed E-state index contributed by atoms with van der Waals surface area (Å²) in [5, 5.41) is 9.75. The number of nitrogens with zero attached hydrogens (tertiary/aromatic N) is 1. The first kappa shape index (κ1) is 15.4. The SMILES string of the molecule is CC1CC(C(F)(F)F)=CC=C1n1ccc2cc(C(=O)O)ccc21. The molecule has 1 aliphatic carbocycles. The van der Waals surface area contributed by atoms with E-state index in [1.165, 1.54) is 12.1 Å². The van der Waals surface area contributed by atoms with Gasteiger partial charge < -0.3 is 9.67 Å². The molecule has 2 aromatic rings. The maximum Gasteiger partial charge on any atom is 0.412 e. The molecule has 6 heteroatoms. The minimum absolute atomic E-state index is 0.0672. The molecule has 0 fully saturated rings. The topological polar surface area (TPSA) is 42.2 Å². The zero-order chi connectivity index (χ0) is 16.8. The first-order valence-corrected chi connectivity index (χ1v) is 7.10. The largest absolute Gasteiger partial charge is 0.478 e. The van der Waals surface area contributed by atoms with Crippen molar-refractivity contribution in [2.45, 2.75) is 19.5 Å². The van der Waals surface area contributed by atoms with Crippen molar-refractivity contribution >= 4 is 22.6 Å². The Morgan fingerprint density at radius 2 is 2.00 bits per heavy atom. The van der Waals surface area contributed by atoms with Crippen molar-refractivity contribution in [2.75, 3.05) is 0 Å². The Labute approximate surface area is 130 Å². The molecule has 1 heterocycles. The zero-order valence-electron chi connectivity index (χ0n) is 12.3. The van der Waals surface area contributed by atoms with Crippen LogP contribution >= 0.6 is 0 Å². The number of fused-ring (bicyclic) bond motifs is 1. The smallest absolute Gasteiger partial charge is 0.412 e. The molecule has 0 radical (unpaired) electrons. The summed E-state index contributed by atoms with van der Waals surface area (Å²) in [6, 6.07) is 6.49. The quantitative estimate of drug-likeness (QED) is 0.870. The van der Waals surface area contributed by atoms with Gasteiger partial charge in [0.05, 0.1) is 11.1 Å². The van der Waals surface area contributed by atoms with Crippen molar-refractivity contribution in [1.82, 2.24) is 4.57 Å². The van der Waals surface area contributed by atoms with Crippen LogP contribution in [0.5, 0.6) is 0 Å². The lowest BCUT2D eigenvalue weighted by Gasteiger charge is -2.24. The summed E-state index contributed by atoms with van der Waals surface area (Å²) >= 11 is 0. The van der Waals surface area contributed by atoms with Gasteiger partial charge in [0, 0.05) is 28.8 Å². The molecule has 3 rings (SSSR count). The molecule has 0 spiro atoms. The van der Waals surface area contributed by atoms with Gasteiger partial charge in [0.2, 0.25) is 0 Å². The van der Waals surface area contributed by atoms with E-state index in [9.17, 15) is 18.0 Å². The first-order chi connectivity index (χ1) is 10.8. The number of hydrogen-bond donors (Lipinski definition) is 1. The summed E-state index contributed by atoms with van der Waals surface area (Å²) in [4.78, 5) is 11.0. The highest BCUT2D eigenvalue weighted by molar-refractivity contribution is 5.94. The second-order valence-corrected chi connectivity index (χ2v) is 5.65. The van der Waals surface area contributed by atoms with Gasteiger partial charge in [0.15, 0.2) is 0 Å². The molecule has 0 saturated carbocycles. The Morgan fingerprint density at radius 3 is 2.61 bits per heavy atom. The molecule has 23 heavy (non-hydrogen) atoms. The third kappa shape index (κ3) is 2.76. The summed E-state index contributed by atoms with van der Waals surface area (Å²) in [5.74, 6) is -1.30. The van der Waals surface area contributed by atoms with Crippen LogP contribution in [0.3, 0.4) is 0 Å². The van der Waals surface area contributed by atoms with Crippen LogP contribution in [0.15, 0.2) is 48.2 Å². The molecule has 0 aliphatic heterocycles. The normalized spacial score (nSPS) is 18.7. The average molecular weight is 321 g/mol.